The van der Waals surface area contributed by atoms with Crippen LogP contribution >= 0.6 is 0 Å². The first-order chi connectivity index (χ1) is 10.4. The SMILES string of the molecule is CN=C(NCCS(=O)C(C)(C)C)NC1CCc2ncnn2C1. The Morgan fingerprint density at radius 3 is 3.00 bits per heavy atom. The molecule has 1 aliphatic heterocycles. The Balaban J connectivity index is 1.78. The van der Waals surface area contributed by atoms with Crippen LogP contribution in [0.3, 0.4) is 0 Å². The van der Waals surface area contributed by atoms with Crippen LogP contribution in [0.4, 0.5) is 0 Å². The Labute approximate surface area is 134 Å². The van der Waals surface area contributed by atoms with E-state index in [1.807, 2.05) is 25.5 Å². The lowest BCUT2D eigenvalue weighted by molar-refractivity contribution is 0.393. The maximum Gasteiger partial charge on any atom is 0.191 e. The molecule has 2 N–H and O–H groups in total. The van der Waals surface area contributed by atoms with Gasteiger partial charge in [0.05, 0.1) is 6.54 Å². The van der Waals surface area contributed by atoms with E-state index < -0.39 is 10.8 Å². The molecule has 2 atom stereocenters. The third-order valence-electron chi connectivity index (χ3n) is 3.63. The summed E-state index contributed by atoms with van der Waals surface area (Å²) in [6.45, 7) is 7.42. The topological polar surface area (TPSA) is 84.2 Å². The zero-order valence-electron chi connectivity index (χ0n) is 13.8. The van der Waals surface area contributed by atoms with Crippen LogP contribution in [0.2, 0.25) is 0 Å². The van der Waals surface area contributed by atoms with Crippen LogP contribution in [-0.4, -0.2) is 55.1 Å². The normalized spacial score (nSPS) is 20.4. The Hall–Kier alpha value is -1.44. The maximum absolute atomic E-state index is 12.0. The van der Waals surface area contributed by atoms with Gasteiger partial charge in [-0.05, 0) is 27.2 Å². The second kappa shape index (κ2) is 7.21. The molecule has 22 heavy (non-hydrogen) atoms. The summed E-state index contributed by atoms with van der Waals surface area (Å²) in [7, 11) is 0.895. The molecular formula is C14H26N6OS. The molecule has 0 saturated heterocycles. The fourth-order valence-corrected chi connectivity index (χ4v) is 3.21. The maximum atomic E-state index is 12.0. The van der Waals surface area contributed by atoms with E-state index in [1.165, 1.54) is 0 Å². The summed E-state index contributed by atoms with van der Waals surface area (Å²) in [5.74, 6) is 2.41. The highest BCUT2D eigenvalue weighted by atomic mass is 32.2. The second-order valence-electron chi connectivity index (χ2n) is 6.40. The zero-order chi connectivity index (χ0) is 16.2. The van der Waals surface area contributed by atoms with Gasteiger partial charge in [-0.2, -0.15) is 5.10 Å². The number of guanidine groups is 1. The lowest BCUT2D eigenvalue weighted by Crippen LogP contribution is -2.48. The fourth-order valence-electron chi connectivity index (χ4n) is 2.31. The van der Waals surface area contributed by atoms with Gasteiger partial charge in [0.15, 0.2) is 5.96 Å². The summed E-state index contributed by atoms with van der Waals surface area (Å²) in [5, 5.41) is 10.9. The number of nitrogens with one attached hydrogen (secondary N) is 2. The molecule has 1 aliphatic rings. The Kier molecular flexibility index (Phi) is 5.55. The van der Waals surface area contributed by atoms with E-state index in [0.29, 0.717) is 12.3 Å². The first-order valence-corrected chi connectivity index (χ1v) is 8.94. The zero-order valence-corrected chi connectivity index (χ0v) is 14.6. The summed E-state index contributed by atoms with van der Waals surface area (Å²) >= 11 is 0. The molecule has 0 fully saturated rings. The quantitative estimate of drug-likeness (QED) is 0.614. The van der Waals surface area contributed by atoms with Crippen molar-refractivity contribution in [2.24, 2.45) is 4.99 Å². The summed E-state index contributed by atoms with van der Waals surface area (Å²) in [4.78, 5) is 8.46. The number of aromatic nitrogens is 3. The molecule has 1 aromatic rings. The van der Waals surface area contributed by atoms with Crippen molar-refractivity contribution in [2.45, 2.75) is 50.9 Å². The average Bonchev–Trinajstić information content (AvgIpc) is 2.92. The van der Waals surface area contributed by atoms with Crippen molar-refractivity contribution >= 4 is 16.8 Å². The molecule has 124 valence electrons. The summed E-state index contributed by atoms with van der Waals surface area (Å²) in [6, 6.07) is 0.286. The van der Waals surface area contributed by atoms with Gasteiger partial charge < -0.3 is 10.6 Å². The van der Waals surface area contributed by atoms with Crippen LogP contribution < -0.4 is 10.6 Å². The lowest BCUT2D eigenvalue weighted by atomic mass is 10.1. The number of hydrogen-bond acceptors (Lipinski definition) is 4. The first kappa shape index (κ1) is 16.9. The third-order valence-corrected chi connectivity index (χ3v) is 5.57. The predicted octanol–water partition coefficient (Wildman–Crippen LogP) is 0.305. The molecule has 8 heteroatoms. The number of aliphatic imine (C=N–C) groups is 1. The minimum Gasteiger partial charge on any atom is -0.355 e. The lowest BCUT2D eigenvalue weighted by Gasteiger charge is -2.25. The van der Waals surface area contributed by atoms with Gasteiger partial charge in [0.25, 0.3) is 0 Å². The number of rotatable bonds is 4. The van der Waals surface area contributed by atoms with Crippen molar-refractivity contribution < 1.29 is 4.21 Å². The van der Waals surface area contributed by atoms with E-state index >= 15 is 0 Å². The number of fused-ring (bicyclic) bond motifs is 1. The van der Waals surface area contributed by atoms with Gasteiger partial charge in [-0.1, -0.05) is 0 Å². The van der Waals surface area contributed by atoms with Crippen molar-refractivity contribution in [3.05, 3.63) is 12.2 Å². The smallest absolute Gasteiger partial charge is 0.191 e. The highest BCUT2D eigenvalue weighted by Gasteiger charge is 2.21. The number of nitrogens with zero attached hydrogens (tertiary/aromatic N) is 4. The van der Waals surface area contributed by atoms with E-state index in [-0.39, 0.29) is 10.8 Å². The molecule has 0 bridgehead atoms. The Bertz CT molecular complexity index is 548. The summed E-state index contributed by atoms with van der Waals surface area (Å²) < 4.78 is 13.8. The van der Waals surface area contributed by atoms with E-state index in [9.17, 15) is 4.21 Å². The Morgan fingerprint density at radius 1 is 1.55 bits per heavy atom. The molecule has 7 nitrogen and oxygen atoms in total. The van der Waals surface area contributed by atoms with Crippen LogP contribution in [0.1, 0.15) is 33.0 Å². The number of hydrogen-bond donors (Lipinski definition) is 2. The average molecular weight is 326 g/mol. The van der Waals surface area contributed by atoms with E-state index in [0.717, 1.165) is 31.2 Å². The van der Waals surface area contributed by atoms with Crippen LogP contribution in [0, 0.1) is 0 Å². The monoisotopic (exact) mass is 326 g/mol. The minimum atomic E-state index is -0.854. The van der Waals surface area contributed by atoms with Gasteiger partial charge in [0.1, 0.15) is 12.2 Å². The number of aryl methyl sites for hydroxylation is 1. The predicted molar refractivity (Wildman–Crippen MR) is 89.4 cm³/mol. The van der Waals surface area contributed by atoms with E-state index in [1.54, 1.807) is 13.4 Å². The van der Waals surface area contributed by atoms with Crippen molar-refractivity contribution in [1.82, 2.24) is 25.4 Å². The van der Waals surface area contributed by atoms with Gasteiger partial charge in [-0.15, -0.1) is 0 Å². The van der Waals surface area contributed by atoms with Crippen molar-refractivity contribution in [2.75, 3.05) is 19.3 Å². The third kappa shape index (κ3) is 4.53. The van der Waals surface area contributed by atoms with Crippen molar-refractivity contribution in [3.8, 4) is 0 Å². The highest BCUT2D eigenvalue weighted by molar-refractivity contribution is 7.86. The molecule has 0 saturated carbocycles. The Morgan fingerprint density at radius 2 is 2.32 bits per heavy atom. The molecule has 0 spiro atoms. The molecule has 2 heterocycles. The van der Waals surface area contributed by atoms with Crippen LogP contribution in [-0.2, 0) is 23.8 Å². The standard InChI is InChI=1S/C14H26N6OS/c1-14(2,3)22(21)8-7-16-13(15-4)19-11-5-6-12-17-10-18-20(12)9-11/h10-11H,5-9H2,1-4H3,(H2,15,16,19). The fraction of sp³-hybridized carbons (Fsp3) is 0.786. The summed E-state index contributed by atoms with van der Waals surface area (Å²) in [5.41, 5.74) is 0. The minimum absolute atomic E-state index is 0.175. The molecule has 0 radical (unpaired) electrons. The van der Waals surface area contributed by atoms with Crippen LogP contribution in [0.25, 0.3) is 0 Å². The molecule has 0 aromatic carbocycles. The van der Waals surface area contributed by atoms with Crippen molar-refractivity contribution in [3.63, 3.8) is 0 Å². The van der Waals surface area contributed by atoms with Crippen LogP contribution in [0.5, 0.6) is 0 Å². The van der Waals surface area contributed by atoms with Gasteiger partial charge in [0.2, 0.25) is 0 Å². The van der Waals surface area contributed by atoms with E-state index in [2.05, 4.69) is 25.7 Å². The summed E-state index contributed by atoms with van der Waals surface area (Å²) in [6.07, 6.45) is 3.53. The van der Waals surface area contributed by atoms with Gasteiger partial charge >= 0.3 is 0 Å². The second-order valence-corrected chi connectivity index (χ2v) is 8.72. The molecule has 2 rings (SSSR count). The van der Waals surface area contributed by atoms with Gasteiger partial charge in [-0.3, -0.25) is 9.20 Å². The van der Waals surface area contributed by atoms with E-state index in [4.69, 9.17) is 0 Å². The molecule has 1 aromatic heterocycles. The van der Waals surface area contributed by atoms with Crippen LogP contribution in [0.15, 0.2) is 11.3 Å². The first-order valence-electron chi connectivity index (χ1n) is 7.62. The van der Waals surface area contributed by atoms with Gasteiger partial charge in [-0.25, -0.2) is 9.67 Å². The molecule has 0 amide bonds. The largest absolute Gasteiger partial charge is 0.355 e. The molecule has 0 aliphatic carbocycles. The molecular weight excluding hydrogens is 300 g/mol. The van der Waals surface area contributed by atoms with Gasteiger partial charge in [0, 0.05) is 47.4 Å². The molecule has 2 unspecified atom stereocenters. The highest BCUT2D eigenvalue weighted by Crippen LogP contribution is 2.11. The van der Waals surface area contributed by atoms with Crippen molar-refractivity contribution in [1.29, 1.82) is 0 Å².